The van der Waals surface area contributed by atoms with E-state index in [0.717, 1.165) is 30.0 Å². The van der Waals surface area contributed by atoms with Crippen LogP contribution in [0.2, 0.25) is 10.0 Å². The van der Waals surface area contributed by atoms with Gasteiger partial charge < -0.3 is 15.0 Å². The van der Waals surface area contributed by atoms with Crippen molar-refractivity contribution in [2.24, 2.45) is 0 Å². The fourth-order valence-electron chi connectivity index (χ4n) is 4.93. The van der Waals surface area contributed by atoms with Crippen molar-refractivity contribution in [3.8, 4) is 5.75 Å². The van der Waals surface area contributed by atoms with Gasteiger partial charge in [0.15, 0.2) is 0 Å². The molecule has 1 aliphatic carbocycles. The number of amides is 2. The second-order valence-electron chi connectivity index (χ2n) is 10.2. The maximum Gasteiger partial charge on any atom is 0.264 e. The third kappa shape index (κ3) is 7.76. The minimum absolute atomic E-state index is 0.0253. The molecule has 1 saturated carbocycles. The fraction of sp³-hybridized carbons (Fsp3) is 0.355. The molecular weight excluding hydrogens is 597 g/mol. The number of rotatable bonds is 12. The van der Waals surface area contributed by atoms with Crippen LogP contribution < -0.4 is 14.4 Å². The first-order valence-electron chi connectivity index (χ1n) is 13.9. The summed E-state index contributed by atoms with van der Waals surface area (Å²) in [6.07, 6.45) is 3.86. The molecule has 0 radical (unpaired) electrons. The summed E-state index contributed by atoms with van der Waals surface area (Å²) in [7, 11) is -4.15. The van der Waals surface area contributed by atoms with Crippen LogP contribution in [0.5, 0.6) is 5.75 Å². The summed E-state index contributed by atoms with van der Waals surface area (Å²) < 4.78 is 34.4. The Morgan fingerprint density at radius 2 is 1.64 bits per heavy atom. The zero-order valence-electron chi connectivity index (χ0n) is 23.6. The Bertz CT molecular complexity index is 1480. The number of hydrogen-bond donors (Lipinski definition) is 1. The minimum atomic E-state index is -4.15. The minimum Gasteiger partial charge on any atom is -0.494 e. The Morgan fingerprint density at radius 3 is 2.26 bits per heavy atom. The maximum atomic E-state index is 14.1. The predicted octanol–water partition coefficient (Wildman–Crippen LogP) is 6.06. The van der Waals surface area contributed by atoms with Crippen LogP contribution in [0.4, 0.5) is 5.69 Å². The molecule has 1 fully saturated rings. The van der Waals surface area contributed by atoms with E-state index in [1.54, 1.807) is 67.6 Å². The standard InChI is InChI=1S/C31H35Cl2N3O5S/c1-3-41-26-16-14-25(15-17-26)36(42(39,40)27-11-5-4-6-12-27)21-30(37)35(20-23-13-18-28(32)29(33)19-23)22(2)31(38)34-24-9-7-8-10-24/h4-6,11-19,22,24H,3,7-10,20-21H2,1-2H3,(H,34,38)/t22-/m1/s1. The van der Waals surface area contributed by atoms with Gasteiger partial charge in [0.1, 0.15) is 18.3 Å². The highest BCUT2D eigenvalue weighted by Crippen LogP contribution is 2.28. The van der Waals surface area contributed by atoms with Gasteiger partial charge in [-0.1, -0.05) is 60.3 Å². The van der Waals surface area contributed by atoms with E-state index in [9.17, 15) is 18.0 Å². The number of nitrogens with one attached hydrogen (secondary N) is 1. The van der Waals surface area contributed by atoms with Crippen LogP contribution in [-0.4, -0.2) is 50.4 Å². The van der Waals surface area contributed by atoms with Gasteiger partial charge in [-0.05, 0) is 80.8 Å². The van der Waals surface area contributed by atoms with Gasteiger partial charge in [0.2, 0.25) is 11.8 Å². The van der Waals surface area contributed by atoms with Crippen molar-refractivity contribution in [1.29, 1.82) is 0 Å². The number of carbonyl (C=O) groups excluding carboxylic acids is 2. The van der Waals surface area contributed by atoms with Crippen LogP contribution in [0.15, 0.2) is 77.7 Å². The predicted molar refractivity (Wildman–Crippen MR) is 165 cm³/mol. The summed E-state index contributed by atoms with van der Waals surface area (Å²) in [6.45, 7) is 3.44. The molecule has 224 valence electrons. The average molecular weight is 633 g/mol. The van der Waals surface area contributed by atoms with Crippen LogP contribution in [0, 0.1) is 0 Å². The van der Waals surface area contributed by atoms with E-state index < -0.39 is 28.5 Å². The van der Waals surface area contributed by atoms with Crippen LogP contribution >= 0.6 is 23.2 Å². The molecule has 11 heteroatoms. The van der Waals surface area contributed by atoms with Gasteiger partial charge in [0, 0.05) is 12.6 Å². The highest BCUT2D eigenvalue weighted by molar-refractivity contribution is 7.92. The molecule has 42 heavy (non-hydrogen) atoms. The van der Waals surface area contributed by atoms with Gasteiger partial charge in [-0.3, -0.25) is 13.9 Å². The van der Waals surface area contributed by atoms with Gasteiger partial charge in [0.05, 0.1) is 27.2 Å². The van der Waals surface area contributed by atoms with Gasteiger partial charge in [-0.25, -0.2) is 8.42 Å². The molecular formula is C31H35Cl2N3O5S. The van der Waals surface area contributed by atoms with E-state index in [2.05, 4.69) is 5.32 Å². The number of halogens is 2. The number of carbonyl (C=O) groups is 2. The Morgan fingerprint density at radius 1 is 0.976 bits per heavy atom. The third-order valence-corrected chi connectivity index (χ3v) is 9.78. The largest absolute Gasteiger partial charge is 0.494 e. The smallest absolute Gasteiger partial charge is 0.264 e. The van der Waals surface area contributed by atoms with Gasteiger partial charge in [-0.15, -0.1) is 0 Å². The molecule has 0 aromatic heterocycles. The van der Waals surface area contributed by atoms with Crippen LogP contribution in [-0.2, 0) is 26.2 Å². The number of sulfonamides is 1. The molecule has 0 saturated heterocycles. The number of nitrogens with zero attached hydrogens (tertiary/aromatic N) is 2. The van der Waals surface area contributed by atoms with Crippen LogP contribution in [0.25, 0.3) is 0 Å². The second-order valence-corrected chi connectivity index (χ2v) is 12.9. The molecule has 0 bridgehead atoms. The molecule has 4 rings (SSSR count). The van der Waals surface area contributed by atoms with Crippen molar-refractivity contribution in [1.82, 2.24) is 10.2 Å². The first-order chi connectivity index (χ1) is 20.1. The molecule has 0 unspecified atom stereocenters. The Kier molecular flexibility index (Phi) is 10.8. The van der Waals surface area contributed by atoms with Crippen molar-refractivity contribution < 1.29 is 22.7 Å². The quantitative estimate of drug-likeness (QED) is 0.262. The Labute approximate surface area is 257 Å². The van der Waals surface area contributed by atoms with Gasteiger partial charge in [0.25, 0.3) is 10.0 Å². The van der Waals surface area contributed by atoms with Crippen molar-refractivity contribution in [2.75, 3.05) is 17.5 Å². The lowest BCUT2D eigenvalue weighted by Crippen LogP contribution is -2.52. The molecule has 1 aliphatic rings. The molecule has 0 heterocycles. The van der Waals surface area contributed by atoms with E-state index in [4.69, 9.17) is 27.9 Å². The summed E-state index contributed by atoms with van der Waals surface area (Å²) in [4.78, 5) is 28.8. The van der Waals surface area contributed by atoms with Crippen molar-refractivity contribution in [2.45, 2.75) is 63.1 Å². The van der Waals surface area contributed by atoms with E-state index in [1.165, 1.54) is 17.0 Å². The van der Waals surface area contributed by atoms with E-state index in [-0.39, 0.29) is 29.1 Å². The highest BCUT2D eigenvalue weighted by Gasteiger charge is 2.33. The molecule has 2 amide bonds. The zero-order valence-corrected chi connectivity index (χ0v) is 26.0. The lowest BCUT2D eigenvalue weighted by Gasteiger charge is -2.32. The summed E-state index contributed by atoms with van der Waals surface area (Å²) >= 11 is 12.4. The summed E-state index contributed by atoms with van der Waals surface area (Å²) in [5.74, 6) is -0.277. The van der Waals surface area contributed by atoms with Crippen LogP contribution in [0.1, 0.15) is 45.1 Å². The maximum absolute atomic E-state index is 14.1. The number of ether oxygens (including phenoxy) is 1. The lowest BCUT2D eigenvalue weighted by molar-refractivity contribution is -0.139. The molecule has 3 aromatic carbocycles. The van der Waals surface area contributed by atoms with Gasteiger partial charge in [-0.2, -0.15) is 0 Å². The lowest BCUT2D eigenvalue weighted by atomic mass is 10.1. The van der Waals surface area contributed by atoms with E-state index in [0.29, 0.717) is 28.0 Å². The molecule has 1 atom stereocenters. The first-order valence-corrected chi connectivity index (χ1v) is 16.1. The summed E-state index contributed by atoms with van der Waals surface area (Å²) in [6, 6.07) is 18.6. The van der Waals surface area contributed by atoms with E-state index >= 15 is 0 Å². The monoisotopic (exact) mass is 631 g/mol. The average Bonchev–Trinajstić information content (AvgIpc) is 3.50. The summed E-state index contributed by atoms with van der Waals surface area (Å²) in [5, 5.41) is 3.73. The molecule has 1 N–H and O–H groups in total. The SMILES string of the molecule is CCOc1ccc(N(CC(=O)N(Cc2ccc(Cl)c(Cl)c2)[C@H](C)C(=O)NC2CCCC2)S(=O)(=O)c2ccccc2)cc1. The van der Waals surface area contributed by atoms with Crippen molar-refractivity contribution >= 4 is 50.7 Å². The van der Waals surface area contributed by atoms with Crippen LogP contribution in [0.3, 0.4) is 0 Å². The third-order valence-electron chi connectivity index (χ3n) is 7.25. The first kappa shape index (κ1) is 31.7. The molecule has 3 aromatic rings. The normalized spacial score (nSPS) is 14.3. The zero-order chi connectivity index (χ0) is 30.3. The van der Waals surface area contributed by atoms with Crippen molar-refractivity contribution in [3.05, 3.63) is 88.4 Å². The second kappa shape index (κ2) is 14.3. The number of anilines is 1. The van der Waals surface area contributed by atoms with E-state index in [1.807, 2.05) is 6.92 Å². The number of benzene rings is 3. The Hall–Kier alpha value is -3.27. The molecule has 8 nitrogen and oxygen atoms in total. The fourth-order valence-corrected chi connectivity index (χ4v) is 6.69. The highest BCUT2D eigenvalue weighted by atomic mass is 35.5. The Balaban J connectivity index is 1.68. The van der Waals surface area contributed by atoms with Gasteiger partial charge >= 0.3 is 0 Å². The molecule has 0 spiro atoms. The molecule has 0 aliphatic heterocycles. The topological polar surface area (TPSA) is 96.0 Å². The van der Waals surface area contributed by atoms with Crippen molar-refractivity contribution in [3.63, 3.8) is 0 Å². The summed E-state index contributed by atoms with van der Waals surface area (Å²) in [5.41, 5.74) is 0.935. The number of hydrogen-bond acceptors (Lipinski definition) is 5.